The van der Waals surface area contributed by atoms with Crippen molar-refractivity contribution >= 4 is 37.4 Å². The summed E-state index contributed by atoms with van der Waals surface area (Å²) in [6.45, 7) is 0. The van der Waals surface area contributed by atoms with Crippen LogP contribution in [0, 0.1) is 0 Å². The molecular weight excluding hydrogens is 384 g/mol. The summed E-state index contributed by atoms with van der Waals surface area (Å²) in [6, 6.07) is 4.81. The first-order valence-corrected chi connectivity index (χ1v) is 9.65. The van der Waals surface area contributed by atoms with E-state index in [4.69, 9.17) is 4.52 Å². The van der Waals surface area contributed by atoms with Gasteiger partial charge in [-0.3, -0.25) is 9.10 Å². The Bertz CT molecular complexity index is 871. The fourth-order valence-corrected chi connectivity index (χ4v) is 3.33. The fraction of sp³-hybridized carbons (Fsp3) is 0.333. The molecule has 8 heteroatoms. The molecule has 23 heavy (non-hydrogen) atoms. The van der Waals surface area contributed by atoms with Gasteiger partial charge in [0.15, 0.2) is 5.78 Å². The lowest BCUT2D eigenvalue weighted by molar-refractivity contribution is 0.103. The molecule has 0 aliphatic heterocycles. The molecule has 6 nitrogen and oxygen atoms in total. The van der Waals surface area contributed by atoms with Crippen LogP contribution in [0.15, 0.2) is 33.5 Å². The van der Waals surface area contributed by atoms with Crippen molar-refractivity contribution < 1.29 is 17.7 Å². The number of aromatic nitrogens is 1. The second kappa shape index (κ2) is 5.76. The van der Waals surface area contributed by atoms with E-state index in [9.17, 15) is 13.2 Å². The molecule has 2 aromatic rings. The minimum absolute atomic E-state index is 0.186. The zero-order valence-electron chi connectivity index (χ0n) is 12.6. The number of hydrogen-bond donors (Lipinski definition) is 0. The minimum Gasteiger partial charge on any atom is -0.364 e. The molecule has 0 bridgehead atoms. The van der Waals surface area contributed by atoms with E-state index in [0.29, 0.717) is 32.9 Å². The van der Waals surface area contributed by atoms with Crippen LogP contribution in [0.2, 0.25) is 0 Å². The van der Waals surface area contributed by atoms with Crippen LogP contribution in [-0.4, -0.2) is 32.7 Å². The predicted molar refractivity (Wildman–Crippen MR) is 89.3 cm³/mol. The first-order chi connectivity index (χ1) is 10.8. The van der Waals surface area contributed by atoms with E-state index in [0.717, 1.165) is 23.4 Å². The van der Waals surface area contributed by atoms with Gasteiger partial charge < -0.3 is 4.52 Å². The lowest BCUT2D eigenvalue weighted by atomic mass is 10.0. The molecule has 3 rings (SSSR count). The Morgan fingerprint density at radius 1 is 1.35 bits per heavy atom. The van der Waals surface area contributed by atoms with Gasteiger partial charge in [0.2, 0.25) is 10.0 Å². The smallest absolute Gasteiger partial charge is 0.231 e. The van der Waals surface area contributed by atoms with Crippen LogP contribution in [0.5, 0.6) is 0 Å². The van der Waals surface area contributed by atoms with Crippen molar-refractivity contribution in [3.05, 3.63) is 45.8 Å². The van der Waals surface area contributed by atoms with Gasteiger partial charge >= 0.3 is 0 Å². The summed E-state index contributed by atoms with van der Waals surface area (Å²) in [4.78, 5) is 12.7. The van der Waals surface area contributed by atoms with E-state index in [2.05, 4.69) is 21.1 Å². The highest BCUT2D eigenvalue weighted by molar-refractivity contribution is 9.10. The number of carbonyl (C=O) groups excluding carboxylic acids is 1. The molecule has 0 unspecified atom stereocenters. The van der Waals surface area contributed by atoms with Crippen LogP contribution in [-0.2, 0) is 10.0 Å². The Hall–Kier alpha value is -1.67. The first-order valence-electron chi connectivity index (χ1n) is 7.01. The predicted octanol–water partition coefficient (Wildman–Crippen LogP) is 2.94. The molecule has 0 amide bonds. The van der Waals surface area contributed by atoms with Crippen molar-refractivity contribution in [2.75, 3.05) is 17.6 Å². The van der Waals surface area contributed by atoms with E-state index >= 15 is 0 Å². The molecule has 1 aliphatic rings. The number of sulfonamides is 1. The average Bonchev–Trinajstić information content (AvgIpc) is 3.22. The van der Waals surface area contributed by atoms with Crippen LogP contribution in [0.3, 0.4) is 0 Å². The van der Waals surface area contributed by atoms with Crippen molar-refractivity contribution in [1.29, 1.82) is 0 Å². The topological polar surface area (TPSA) is 80.5 Å². The summed E-state index contributed by atoms with van der Waals surface area (Å²) in [7, 11) is -1.89. The second-order valence-corrected chi connectivity index (χ2v) is 8.48. The third-order valence-corrected chi connectivity index (χ3v) is 5.73. The lowest BCUT2D eigenvalue weighted by Crippen LogP contribution is -2.24. The van der Waals surface area contributed by atoms with Crippen molar-refractivity contribution in [3.8, 4) is 0 Å². The largest absolute Gasteiger partial charge is 0.364 e. The van der Waals surface area contributed by atoms with E-state index in [1.165, 1.54) is 13.3 Å². The maximum atomic E-state index is 12.7. The molecule has 0 atom stereocenters. The standard InChI is InChI=1S/C15H15BrN2O4S/c1-18(23(2,20)21)10-5-6-11(13(16)7-10)15(19)12-8-22-17-14(12)9-3-4-9/h5-9H,3-4H2,1-2H3. The number of carbonyl (C=O) groups is 1. The fourth-order valence-electron chi connectivity index (χ4n) is 2.29. The van der Waals surface area contributed by atoms with Gasteiger partial charge in [-0.05, 0) is 47.0 Å². The molecule has 1 aromatic carbocycles. The quantitative estimate of drug-likeness (QED) is 0.723. The van der Waals surface area contributed by atoms with Crippen LogP contribution in [0.25, 0.3) is 0 Å². The van der Waals surface area contributed by atoms with Gasteiger partial charge in [0.25, 0.3) is 0 Å². The van der Waals surface area contributed by atoms with E-state index in [1.807, 2.05) is 0 Å². The van der Waals surface area contributed by atoms with E-state index in [-0.39, 0.29) is 5.78 Å². The molecule has 0 N–H and O–H groups in total. The Morgan fingerprint density at radius 3 is 2.61 bits per heavy atom. The van der Waals surface area contributed by atoms with Crippen LogP contribution in [0.1, 0.15) is 40.4 Å². The molecular formula is C15H15BrN2O4S. The first kappa shape index (κ1) is 16.2. The molecule has 0 radical (unpaired) electrons. The van der Waals surface area contributed by atoms with Gasteiger partial charge in [-0.2, -0.15) is 0 Å². The Morgan fingerprint density at radius 2 is 2.04 bits per heavy atom. The number of benzene rings is 1. The number of anilines is 1. The summed E-state index contributed by atoms with van der Waals surface area (Å²) in [5.74, 6) is 0.121. The number of ketones is 1. The molecule has 1 saturated carbocycles. The second-order valence-electron chi connectivity index (χ2n) is 5.61. The van der Waals surface area contributed by atoms with Crippen molar-refractivity contribution in [1.82, 2.24) is 5.16 Å². The van der Waals surface area contributed by atoms with Crippen molar-refractivity contribution in [3.63, 3.8) is 0 Å². The maximum Gasteiger partial charge on any atom is 0.231 e. The third-order valence-electron chi connectivity index (χ3n) is 3.86. The highest BCUT2D eigenvalue weighted by atomic mass is 79.9. The lowest BCUT2D eigenvalue weighted by Gasteiger charge is -2.17. The normalized spacial score (nSPS) is 14.7. The van der Waals surface area contributed by atoms with Gasteiger partial charge in [0, 0.05) is 23.0 Å². The summed E-state index contributed by atoms with van der Waals surface area (Å²) < 4.78 is 29.8. The monoisotopic (exact) mass is 398 g/mol. The van der Waals surface area contributed by atoms with Gasteiger partial charge in [0.1, 0.15) is 6.26 Å². The van der Waals surface area contributed by atoms with E-state index < -0.39 is 10.0 Å². The van der Waals surface area contributed by atoms with Crippen molar-refractivity contribution in [2.24, 2.45) is 0 Å². The zero-order valence-corrected chi connectivity index (χ0v) is 15.0. The molecule has 1 aliphatic carbocycles. The van der Waals surface area contributed by atoms with Gasteiger partial charge in [-0.15, -0.1) is 0 Å². The summed E-state index contributed by atoms with van der Waals surface area (Å²) in [6.07, 6.45) is 4.54. The van der Waals surface area contributed by atoms with Crippen LogP contribution in [0.4, 0.5) is 5.69 Å². The molecule has 1 aromatic heterocycles. The third kappa shape index (κ3) is 3.18. The van der Waals surface area contributed by atoms with Crippen LogP contribution >= 0.6 is 15.9 Å². The molecule has 122 valence electrons. The number of rotatable bonds is 5. The van der Waals surface area contributed by atoms with Crippen molar-refractivity contribution in [2.45, 2.75) is 18.8 Å². The summed E-state index contributed by atoms with van der Waals surface area (Å²) >= 11 is 3.35. The number of hydrogen-bond acceptors (Lipinski definition) is 5. The maximum absolute atomic E-state index is 12.7. The Balaban J connectivity index is 1.94. The zero-order chi connectivity index (χ0) is 16.8. The molecule has 1 fully saturated rings. The highest BCUT2D eigenvalue weighted by Crippen LogP contribution is 2.41. The molecule has 0 spiro atoms. The minimum atomic E-state index is -3.36. The summed E-state index contributed by atoms with van der Waals surface area (Å²) in [5.41, 5.74) is 2.10. The van der Waals surface area contributed by atoms with E-state index in [1.54, 1.807) is 18.2 Å². The Labute approximate surface area is 142 Å². The van der Waals surface area contributed by atoms with Gasteiger partial charge in [-0.25, -0.2) is 8.42 Å². The van der Waals surface area contributed by atoms with Gasteiger partial charge in [-0.1, -0.05) is 5.16 Å². The van der Waals surface area contributed by atoms with Gasteiger partial charge in [0.05, 0.1) is 23.2 Å². The van der Waals surface area contributed by atoms with Crippen LogP contribution < -0.4 is 4.31 Å². The SMILES string of the molecule is CN(c1ccc(C(=O)c2conc2C2CC2)c(Br)c1)S(C)(=O)=O. The number of halogens is 1. The summed E-state index contributed by atoms with van der Waals surface area (Å²) in [5, 5.41) is 3.93. The number of nitrogens with zero attached hydrogens (tertiary/aromatic N) is 2. The molecule has 1 heterocycles. The average molecular weight is 399 g/mol. The Kier molecular flexibility index (Phi) is 4.05. The molecule has 0 saturated heterocycles. The highest BCUT2D eigenvalue weighted by Gasteiger charge is 2.32.